The van der Waals surface area contributed by atoms with Gasteiger partial charge in [-0.1, -0.05) is 25.5 Å². The van der Waals surface area contributed by atoms with Crippen molar-refractivity contribution in [3.05, 3.63) is 68.9 Å². The number of nitrogens with one attached hydrogen (secondary N) is 1. The van der Waals surface area contributed by atoms with Gasteiger partial charge in [0.25, 0.3) is 11.5 Å². The number of halogens is 1. The average Bonchev–Trinajstić information content (AvgIpc) is 2.58. The predicted octanol–water partition coefficient (Wildman–Crippen LogP) is 3.05. The zero-order chi connectivity index (χ0) is 17.7. The Hall–Kier alpha value is -2.43. The summed E-state index contributed by atoms with van der Waals surface area (Å²) in [6.07, 6.45) is 2.74. The van der Waals surface area contributed by atoms with Crippen molar-refractivity contribution in [3.8, 4) is 0 Å². The third kappa shape index (κ3) is 3.91. The fourth-order valence-corrected chi connectivity index (χ4v) is 2.66. The number of hydrogen-bond acceptors (Lipinski definition) is 2. The quantitative estimate of drug-likeness (QED) is 0.885. The van der Waals surface area contributed by atoms with Crippen LogP contribution in [0.2, 0.25) is 0 Å². The molecule has 1 aromatic heterocycles. The van der Waals surface area contributed by atoms with Crippen molar-refractivity contribution < 1.29 is 9.18 Å². The largest absolute Gasteiger partial charge is 0.355 e. The summed E-state index contributed by atoms with van der Waals surface area (Å²) in [4.78, 5) is 24.6. The van der Waals surface area contributed by atoms with E-state index in [1.54, 1.807) is 29.7 Å². The van der Waals surface area contributed by atoms with Gasteiger partial charge >= 0.3 is 0 Å². The van der Waals surface area contributed by atoms with Crippen molar-refractivity contribution in [1.29, 1.82) is 0 Å². The zero-order valence-corrected chi connectivity index (χ0v) is 14.4. The van der Waals surface area contributed by atoms with Crippen LogP contribution in [0.15, 0.2) is 35.1 Å². The van der Waals surface area contributed by atoms with Gasteiger partial charge in [0, 0.05) is 12.7 Å². The van der Waals surface area contributed by atoms with Crippen LogP contribution in [-0.2, 0) is 13.0 Å². The number of unbranched alkanes of at least 4 members (excludes halogenated alkanes) is 1. The molecule has 2 rings (SSSR count). The number of aryl methyl sites for hydroxylation is 2. The first-order valence-corrected chi connectivity index (χ1v) is 8.17. The maximum Gasteiger partial charge on any atom is 0.263 e. The van der Waals surface area contributed by atoms with Gasteiger partial charge in [0.05, 0.1) is 6.54 Å². The Kier molecular flexibility index (Phi) is 5.90. The van der Waals surface area contributed by atoms with Gasteiger partial charge in [-0.2, -0.15) is 0 Å². The van der Waals surface area contributed by atoms with Gasteiger partial charge in [-0.05, 0) is 49.1 Å². The fourth-order valence-electron chi connectivity index (χ4n) is 2.66. The molecular weight excluding hydrogens is 307 g/mol. The molecule has 1 aromatic carbocycles. The van der Waals surface area contributed by atoms with Gasteiger partial charge in [-0.15, -0.1) is 0 Å². The highest BCUT2D eigenvalue weighted by molar-refractivity contribution is 5.93. The number of carbonyl (C=O) groups excluding carboxylic acids is 1. The highest BCUT2D eigenvalue weighted by Gasteiger charge is 2.14. The lowest BCUT2D eigenvalue weighted by molar-refractivity contribution is 0.0961. The summed E-state index contributed by atoms with van der Waals surface area (Å²) in [5.74, 6) is -0.664. The van der Waals surface area contributed by atoms with Crippen LogP contribution in [-0.4, -0.2) is 17.5 Å². The molecule has 0 spiro atoms. The first-order chi connectivity index (χ1) is 11.5. The van der Waals surface area contributed by atoms with Crippen LogP contribution in [0.25, 0.3) is 0 Å². The van der Waals surface area contributed by atoms with E-state index in [-0.39, 0.29) is 16.9 Å². The molecule has 0 bridgehead atoms. The minimum atomic E-state index is -0.397. The SMILES string of the molecule is CCCCc1ccc(C(=O)NC)c(=O)n1Cc1ccc(F)c(C)c1. The molecule has 4 nitrogen and oxygen atoms in total. The van der Waals surface area contributed by atoms with E-state index in [1.165, 1.54) is 13.1 Å². The smallest absolute Gasteiger partial charge is 0.263 e. The molecule has 2 aromatic rings. The Labute approximate surface area is 141 Å². The molecule has 0 saturated heterocycles. The van der Waals surface area contributed by atoms with E-state index in [2.05, 4.69) is 12.2 Å². The van der Waals surface area contributed by atoms with Crippen LogP contribution in [0, 0.1) is 12.7 Å². The standard InChI is InChI=1S/C19H23FN2O2/c1-4-5-6-15-8-9-16(18(23)21-3)19(24)22(15)12-14-7-10-17(20)13(2)11-14/h7-11H,4-6,12H2,1-3H3,(H,21,23). The van der Waals surface area contributed by atoms with E-state index >= 15 is 0 Å². The molecule has 0 fully saturated rings. The second-order valence-corrected chi connectivity index (χ2v) is 5.90. The summed E-state index contributed by atoms with van der Waals surface area (Å²) in [5, 5.41) is 2.49. The summed E-state index contributed by atoms with van der Waals surface area (Å²) in [6, 6.07) is 8.23. The molecule has 0 aliphatic carbocycles. The molecule has 1 N–H and O–H groups in total. The minimum absolute atomic E-state index is 0.122. The fraction of sp³-hybridized carbons (Fsp3) is 0.368. The van der Waals surface area contributed by atoms with Crippen LogP contribution in [0.5, 0.6) is 0 Å². The topological polar surface area (TPSA) is 51.1 Å². The summed E-state index contributed by atoms with van der Waals surface area (Å²) in [7, 11) is 1.50. The van der Waals surface area contributed by atoms with Gasteiger partial charge in [0.2, 0.25) is 0 Å². The van der Waals surface area contributed by atoms with Gasteiger partial charge in [0.15, 0.2) is 0 Å². The van der Waals surface area contributed by atoms with E-state index in [0.717, 1.165) is 30.5 Å². The van der Waals surface area contributed by atoms with E-state index < -0.39 is 5.91 Å². The van der Waals surface area contributed by atoms with Crippen LogP contribution < -0.4 is 10.9 Å². The monoisotopic (exact) mass is 330 g/mol. The van der Waals surface area contributed by atoms with Crippen molar-refractivity contribution in [2.75, 3.05) is 7.05 Å². The maximum atomic E-state index is 13.5. The zero-order valence-electron chi connectivity index (χ0n) is 14.4. The Morgan fingerprint density at radius 2 is 2.00 bits per heavy atom. The van der Waals surface area contributed by atoms with Gasteiger partial charge in [-0.25, -0.2) is 4.39 Å². The minimum Gasteiger partial charge on any atom is -0.355 e. The summed E-state index contributed by atoms with van der Waals surface area (Å²) < 4.78 is 15.1. The van der Waals surface area contributed by atoms with Crippen LogP contribution in [0.4, 0.5) is 4.39 Å². The number of nitrogens with zero attached hydrogens (tertiary/aromatic N) is 1. The molecule has 24 heavy (non-hydrogen) atoms. The molecular formula is C19H23FN2O2. The van der Waals surface area contributed by atoms with Crippen molar-refractivity contribution >= 4 is 5.91 Å². The summed E-state index contributed by atoms with van der Waals surface area (Å²) >= 11 is 0. The molecule has 5 heteroatoms. The lowest BCUT2D eigenvalue weighted by atomic mass is 10.1. The first kappa shape index (κ1) is 17.9. The summed E-state index contributed by atoms with van der Waals surface area (Å²) in [6.45, 7) is 4.11. The average molecular weight is 330 g/mol. The number of aromatic nitrogens is 1. The Balaban J connectivity index is 2.48. The molecule has 0 unspecified atom stereocenters. The van der Waals surface area contributed by atoms with Crippen molar-refractivity contribution in [1.82, 2.24) is 9.88 Å². The molecule has 0 saturated carbocycles. The highest BCUT2D eigenvalue weighted by atomic mass is 19.1. The van der Waals surface area contributed by atoms with Crippen molar-refractivity contribution in [2.24, 2.45) is 0 Å². The van der Waals surface area contributed by atoms with E-state index in [4.69, 9.17) is 0 Å². The van der Waals surface area contributed by atoms with E-state index in [0.29, 0.717) is 12.1 Å². The van der Waals surface area contributed by atoms with Crippen LogP contribution in [0.1, 0.15) is 46.9 Å². The van der Waals surface area contributed by atoms with Gasteiger partial charge in [0.1, 0.15) is 11.4 Å². The molecule has 1 heterocycles. The normalized spacial score (nSPS) is 10.7. The molecule has 1 amide bonds. The highest BCUT2D eigenvalue weighted by Crippen LogP contribution is 2.13. The maximum absolute atomic E-state index is 13.5. The lowest BCUT2D eigenvalue weighted by Crippen LogP contribution is -2.33. The van der Waals surface area contributed by atoms with Crippen molar-refractivity contribution in [2.45, 2.75) is 39.7 Å². The number of carbonyl (C=O) groups is 1. The molecule has 0 aliphatic rings. The molecule has 0 radical (unpaired) electrons. The third-order valence-corrected chi connectivity index (χ3v) is 4.09. The number of amides is 1. The third-order valence-electron chi connectivity index (χ3n) is 4.09. The second kappa shape index (κ2) is 7.90. The van der Waals surface area contributed by atoms with Crippen LogP contribution in [0.3, 0.4) is 0 Å². The Morgan fingerprint density at radius 1 is 1.25 bits per heavy atom. The number of hydrogen-bond donors (Lipinski definition) is 1. The molecule has 128 valence electrons. The Bertz CT molecular complexity index is 796. The second-order valence-electron chi connectivity index (χ2n) is 5.90. The van der Waals surface area contributed by atoms with Gasteiger partial charge in [-0.3, -0.25) is 9.59 Å². The first-order valence-electron chi connectivity index (χ1n) is 8.17. The number of benzene rings is 1. The lowest BCUT2D eigenvalue weighted by Gasteiger charge is -2.15. The number of rotatable bonds is 6. The predicted molar refractivity (Wildman–Crippen MR) is 92.9 cm³/mol. The Morgan fingerprint density at radius 3 is 2.62 bits per heavy atom. The van der Waals surface area contributed by atoms with Crippen LogP contribution >= 0.6 is 0 Å². The van der Waals surface area contributed by atoms with E-state index in [1.807, 2.05) is 6.07 Å². The van der Waals surface area contributed by atoms with Gasteiger partial charge < -0.3 is 9.88 Å². The van der Waals surface area contributed by atoms with E-state index in [9.17, 15) is 14.0 Å². The molecule has 0 aliphatic heterocycles. The van der Waals surface area contributed by atoms with Crippen molar-refractivity contribution in [3.63, 3.8) is 0 Å². The summed E-state index contributed by atoms with van der Waals surface area (Å²) in [5.41, 5.74) is 2.07. The molecule has 0 atom stereocenters. The number of pyridine rings is 1.